The summed E-state index contributed by atoms with van der Waals surface area (Å²) in [6, 6.07) is 2.82. The van der Waals surface area contributed by atoms with E-state index in [4.69, 9.17) is 10.5 Å². The molecule has 3 N–H and O–H groups in total. The number of nitrogens with one attached hydrogen (secondary N) is 1. The van der Waals surface area contributed by atoms with Crippen LogP contribution in [0.5, 0.6) is 0 Å². The lowest BCUT2D eigenvalue weighted by Gasteiger charge is -2.12. The molecule has 118 valence electrons. The Labute approximate surface area is 121 Å². The third-order valence-corrected chi connectivity index (χ3v) is 2.77. The average Bonchev–Trinajstić information content (AvgIpc) is 2.39. The molecule has 0 aliphatic heterocycles. The summed E-state index contributed by atoms with van der Waals surface area (Å²) in [7, 11) is 0. The Kier molecular flexibility index (Phi) is 6.48. The number of rotatable bonds is 7. The first-order chi connectivity index (χ1) is 9.84. The van der Waals surface area contributed by atoms with Crippen LogP contribution in [0.1, 0.15) is 31.7 Å². The first kappa shape index (κ1) is 17.3. The highest BCUT2D eigenvalue weighted by atomic mass is 19.4. The molecule has 0 heterocycles. The lowest BCUT2D eigenvalue weighted by Crippen LogP contribution is -2.16. The van der Waals surface area contributed by atoms with Crippen LogP contribution in [0.4, 0.5) is 24.5 Å². The second-order valence-electron chi connectivity index (χ2n) is 4.56. The number of nitrogens with two attached hydrogens (primary N) is 1. The van der Waals surface area contributed by atoms with Crippen LogP contribution in [0.25, 0.3) is 0 Å². The molecule has 1 rings (SSSR count). The number of alkyl halides is 3. The molecule has 0 aliphatic rings. The number of halogens is 3. The fraction of sp³-hybridized carbons (Fsp3) is 0.500. The van der Waals surface area contributed by atoms with E-state index in [1.54, 1.807) is 0 Å². The van der Waals surface area contributed by atoms with E-state index in [9.17, 15) is 18.0 Å². The number of nitrogen functional groups attached to an aromatic ring is 1. The molecule has 4 nitrogen and oxygen atoms in total. The van der Waals surface area contributed by atoms with E-state index in [-0.39, 0.29) is 30.3 Å². The second kappa shape index (κ2) is 7.87. The van der Waals surface area contributed by atoms with Crippen LogP contribution in [0.2, 0.25) is 0 Å². The average molecular weight is 304 g/mol. The number of amides is 1. The maximum atomic E-state index is 12.5. The molecule has 0 saturated heterocycles. The highest BCUT2D eigenvalue weighted by Gasteiger charge is 2.30. The summed E-state index contributed by atoms with van der Waals surface area (Å²) in [5.74, 6) is -0.349. The van der Waals surface area contributed by atoms with Gasteiger partial charge in [0.05, 0.1) is 30.0 Å². The highest BCUT2D eigenvalue weighted by Crippen LogP contribution is 2.32. The fourth-order valence-electron chi connectivity index (χ4n) is 1.58. The lowest BCUT2D eigenvalue weighted by atomic mass is 10.1. The minimum Gasteiger partial charge on any atom is -0.397 e. The molecule has 0 spiro atoms. The zero-order chi connectivity index (χ0) is 15.9. The van der Waals surface area contributed by atoms with Crippen molar-refractivity contribution in [3.05, 3.63) is 23.8 Å². The van der Waals surface area contributed by atoms with Gasteiger partial charge in [0, 0.05) is 6.61 Å². The van der Waals surface area contributed by atoms with Crippen LogP contribution in [0.15, 0.2) is 18.2 Å². The topological polar surface area (TPSA) is 64.3 Å². The van der Waals surface area contributed by atoms with Crippen molar-refractivity contribution in [3.63, 3.8) is 0 Å². The maximum absolute atomic E-state index is 12.5. The molecule has 0 unspecified atom stereocenters. The Morgan fingerprint density at radius 1 is 1.33 bits per heavy atom. The van der Waals surface area contributed by atoms with E-state index in [1.807, 2.05) is 6.92 Å². The summed E-state index contributed by atoms with van der Waals surface area (Å²) in [6.07, 6.45) is -2.39. The molecule has 0 atom stereocenters. The molecular weight excluding hydrogens is 285 g/mol. The minimum absolute atomic E-state index is 0.120. The fourth-order valence-corrected chi connectivity index (χ4v) is 1.58. The van der Waals surface area contributed by atoms with Gasteiger partial charge in [-0.25, -0.2) is 0 Å². The van der Waals surface area contributed by atoms with Crippen molar-refractivity contribution < 1.29 is 22.7 Å². The number of carbonyl (C=O) groups excluding carboxylic acids is 1. The molecule has 0 radical (unpaired) electrons. The Balaban J connectivity index is 2.49. The molecule has 0 aromatic heterocycles. The van der Waals surface area contributed by atoms with Crippen LogP contribution < -0.4 is 11.1 Å². The van der Waals surface area contributed by atoms with Gasteiger partial charge in [-0.3, -0.25) is 4.79 Å². The zero-order valence-corrected chi connectivity index (χ0v) is 11.8. The maximum Gasteiger partial charge on any atom is 0.416 e. The van der Waals surface area contributed by atoms with Gasteiger partial charge >= 0.3 is 6.18 Å². The van der Waals surface area contributed by atoms with Crippen molar-refractivity contribution in [1.82, 2.24) is 0 Å². The van der Waals surface area contributed by atoms with Gasteiger partial charge < -0.3 is 15.8 Å². The van der Waals surface area contributed by atoms with E-state index in [0.29, 0.717) is 6.61 Å². The van der Waals surface area contributed by atoms with E-state index < -0.39 is 11.7 Å². The Morgan fingerprint density at radius 3 is 2.62 bits per heavy atom. The monoisotopic (exact) mass is 304 g/mol. The van der Waals surface area contributed by atoms with Crippen LogP contribution in [0, 0.1) is 0 Å². The highest BCUT2D eigenvalue weighted by molar-refractivity contribution is 5.93. The summed E-state index contributed by atoms with van der Waals surface area (Å²) in [5, 5.41) is 2.47. The van der Waals surface area contributed by atoms with Crippen LogP contribution >= 0.6 is 0 Å². The number of unbranched alkanes of at least 4 members (excludes halogenated alkanes) is 1. The standard InChI is InChI=1S/C14H19F3N2O2/c1-2-3-7-21-8-6-13(20)19-12-5-4-10(9-11(12)18)14(15,16)17/h4-5,9H,2-3,6-8,18H2,1H3,(H,19,20). The molecule has 1 amide bonds. The van der Waals surface area contributed by atoms with E-state index in [1.165, 1.54) is 0 Å². The van der Waals surface area contributed by atoms with Gasteiger partial charge in [-0.1, -0.05) is 13.3 Å². The van der Waals surface area contributed by atoms with Gasteiger partial charge in [0.15, 0.2) is 0 Å². The van der Waals surface area contributed by atoms with Crippen molar-refractivity contribution in [2.75, 3.05) is 24.3 Å². The molecule has 0 aliphatic carbocycles. The number of hydrogen-bond acceptors (Lipinski definition) is 3. The minimum atomic E-state index is -4.45. The third kappa shape index (κ3) is 6.03. The lowest BCUT2D eigenvalue weighted by molar-refractivity contribution is -0.137. The van der Waals surface area contributed by atoms with Gasteiger partial charge in [0.2, 0.25) is 5.91 Å². The molecule has 1 aromatic rings. The molecule has 21 heavy (non-hydrogen) atoms. The molecule has 0 saturated carbocycles. The molecule has 1 aromatic carbocycles. The van der Waals surface area contributed by atoms with Gasteiger partial charge in [0.25, 0.3) is 0 Å². The van der Waals surface area contributed by atoms with E-state index in [2.05, 4.69) is 5.32 Å². The largest absolute Gasteiger partial charge is 0.416 e. The van der Waals surface area contributed by atoms with Crippen molar-refractivity contribution >= 4 is 17.3 Å². The summed E-state index contributed by atoms with van der Waals surface area (Å²) < 4.78 is 42.6. The van der Waals surface area contributed by atoms with Gasteiger partial charge in [0.1, 0.15) is 0 Å². The number of ether oxygens (including phenoxy) is 1. The molecule has 0 bridgehead atoms. The van der Waals surface area contributed by atoms with Gasteiger partial charge in [-0.15, -0.1) is 0 Å². The molecule has 7 heteroatoms. The second-order valence-corrected chi connectivity index (χ2v) is 4.56. The first-order valence-electron chi connectivity index (χ1n) is 6.69. The Morgan fingerprint density at radius 2 is 2.05 bits per heavy atom. The van der Waals surface area contributed by atoms with Crippen LogP contribution in [0.3, 0.4) is 0 Å². The normalized spacial score (nSPS) is 11.4. The van der Waals surface area contributed by atoms with Crippen molar-refractivity contribution in [3.8, 4) is 0 Å². The molecule has 0 fully saturated rings. The van der Waals surface area contributed by atoms with Crippen LogP contribution in [-0.2, 0) is 15.7 Å². The Bertz CT molecular complexity index is 476. The number of anilines is 2. The van der Waals surface area contributed by atoms with Gasteiger partial charge in [-0.2, -0.15) is 13.2 Å². The summed E-state index contributed by atoms with van der Waals surface area (Å²) >= 11 is 0. The quantitative estimate of drug-likeness (QED) is 0.599. The van der Waals surface area contributed by atoms with Crippen molar-refractivity contribution in [1.29, 1.82) is 0 Å². The smallest absolute Gasteiger partial charge is 0.397 e. The summed E-state index contributed by atoms with van der Waals surface area (Å²) in [4.78, 5) is 11.6. The summed E-state index contributed by atoms with van der Waals surface area (Å²) in [5.41, 5.74) is 4.72. The van der Waals surface area contributed by atoms with Crippen molar-refractivity contribution in [2.45, 2.75) is 32.4 Å². The van der Waals surface area contributed by atoms with Crippen LogP contribution in [-0.4, -0.2) is 19.1 Å². The Hall–Kier alpha value is -1.76. The predicted molar refractivity (Wildman–Crippen MR) is 74.8 cm³/mol. The number of benzene rings is 1. The number of carbonyl (C=O) groups is 1. The van der Waals surface area contributed by atoms with Gasteiger partial charge in [-0.05, 0) is 24.6 Å². The van der Waals surface area contributed by atoms with E-state index in [0.717, 1.165) is 31.0 Å². The predicted octanol–water partition coefficient (Wildman–Crippen LogP) is 3.43. The van der Waals surface area contributed by atoms with Crippen molar-refractivity contribution in [2.24, 2.45) is 0 Å². The summed E-state index contributed by atoms with van der Waals surface area (Å²) in [6.45, 7) is 2.89. The zero-order valence-electron chi connectivity index (χ0n) is 11.8. The first-order valence-corrected chi connectivity index (χ1v) is 6.69. The van der Waals surface area contributed by atoms with E-state index >= 15 is 0 Å². The SMILES string of the molecule is CCCCOCCC(=O)Nc1ccc(C(F)(F)F)cc1N. The number of hydrogen-bond donors (Lipinski definition) is 2. The molecular formula is C14H19F3N2O2. The third-order valence-electron chi connectivity index (χ3n) is 2.77.